The molecule has 0 bridgehead atoms. The average molecular weight is 800 g/mol. The number of rotatable bonds is 46. The van der Waals surface area contributed by atoms with Crippen LogP contribution >= 0.6 is 0 Å². The fourth-order valence-corrected chi connectivity index (χ4v) is 5.49. The number of nitrogens with one attached hydrogen (secondary N) is 1. The molecule has 0 saturated heterocycles. The van der Waals surface area contributed by atoms with Crippen LogP contribution in [0.1, 0.15) is 121 Å². The zero-order chi connectivity index (χ0) is 40.1. The highest BCUT2D eigenvalue weighted by Crippen LogP contribution is 2.13. The highest BCUT2D eigenvalue weighted by atomic mass is 16.6. The van der Waals surface area contributed by atoms with Crippen molar-refractivity contribution in [1.82, 2.24) is 0 Å². The van der Waals surface area contributed by atoms with Gasteiger partial charge in [0.1, 0.15) is 6.61 Å². The zero-order valence-corrected chi connectivity index (χ0v) is 35.5. The van der Waals surface area contributed by atoms with Gasteiger partial charge in [0.15, 0.2) is 0 Å². The van der Waals surface area contributed by atoms with Crippen molar-refractivity contribution in [2.45, 2.75) is 110 Å². The second-order valence-electron chi connectivity index (χ2n) is 13.7. The summed E-state index contributed by atoms with van der Waals surface area (Å²) in [6.07, 6.45) is 20.0. The fourth-order valence-electron chi connectivity index (χ4n) is 5.49. The van der Waals surface area contributed by atoms with Crippen molar-refractivity contribution in [3.63, 3.8) is 0 Å². The Kier molecular flexibility index (Phi) is 41.2. The van der Waals surface area contributed by atoms with E-state index in [1.807, 2.05) is 12.1 Å². The van der Waals surface area contributed by atoms with Crippen LogP contribution in [0.2, 0.25) is 0 Å². The summed E-state index contributed by atoms with van der Waals surface area (Å²) < 4.78 is 55.1. The molecule has 0 heterocycles. The molecule has 0 fully saturated rings. The Morgan fingerprint density at radius 1 is 0.375 bits per heavy atom. The van der Waals surface area contributed by atoms with Gasteiger partial charge in [-0.25, -0.2) is 4.79 Å². The van der Waals surface area contributed by atoms with Crippen molar-refractivity contribution in [3.05, 3.63) is 29.8 Å². The summed E-state index contributed by atoms with van der Waals surface area (Å²) in [5.41, 5.74) is 1.52. The molecule has 1 N–H and O–H groups in total. The Morgan fingerprint density at radius 2 is 0.679 bits per heavy atom. The van der Waals surface area contributed by atoms with Crippen molar-refractivity contribution < 1.29 is 52.2 Å². The molecule has 0 amide bonds. The molecule has 0 spiro atoms. The number of carbonyl (C=O) groups excluding carboxylic acids is 1. The molecular weight excluding hydrogens is 718 g/mol. The van der Waals surface area contributed by atoms with E-state index in [0.717, 1.165) is 38.1 Å². The van der Waals surface area contributed by atoms with Crippen LogP contribution < -0.4 is 5.32 Å². The molecule has 328 valence electrons. The first kappa shape index (κ1) is 52.1. The monoisotopic (exact) mass is 800 g/mol. The SMILES string of the molecule is CCCCCCCCCCCCCCCOCCOCCOCCOCCOCCOCCOCCOCCOCCOC(=O)c1ccc(NCCCC)cc1. The average Bonchev–Trinajstić information content (AvgIpc) is 3.21. The molecule has 1 aromatic carbocycles. The number of carbonyl (C=O) groups is 1. The minimum absolute atomic E-state index is 0.195. The Bertz CT molecular complexity index is 925. The Labute approximate surface area is 340 Å². The number of benzene rings is 1. The summed E-state index contributed by atoms with van der Waals surface area (Å²) in [6.45, 7) is 15.0. The Hall–Kier alpha value is -1.87. The standard InChI is InChI=1S/C44H81NO11/c1-3-5-7-8-9-10-11-12-13-14-15-16-17-23-47-24-25-48-26-27-49-28-29-50-30-31-51-32-33-52-34-35-53-36-37-54-38-39-55-40-41-56-44(46)42-18-20-43(21-19-42)45-22-6-4-2/h18-21,45H,3-17,22-41H2,1-2H3. The predicted molar refractivity (Wildman–Crippen MR) is 223 cm³/mol. The molecule has 0 aromatic heterocycles. The maximum absolute atomic E-state index is 12.1. The quantitative estimate of drug-likeness (QED) is 0.0505. The lowest BCUT2D eigenvalue weighted by Gasteiger charge is -2.09. The second kappa shape index (κ2) is 44.2. The van der Waals surface area contributed by atoms with E-state index >= 15 is 0 Å². The maximum atomic E-state index is 12.1. The lowest BCUT2D eigenvalue weighted by molar-refractivity contribution is -0.0259. The zero-order valence-electron chi connectivity index (χ0n) is 35.5. The minimum atomic E-state index is -0.356. The highest BCUT2D eigenvalue weighted by Gasteiger charge is 2.07. The molecule has 0 atom stereocenters. The summed E-state index contributed by atoms with van der Waals surface area (Å²) in [7, 11) is 0. The molecule has 12 heteroatoms. The van der Waals surface area contributed by atoms with Gasteiger partial charge in [0.2, 0.25) is 0 Å². The molecule has 0 radical (unpaired) electrons. The normalized spacial score (nSPS) is 11.4. The Balaban J connectivity index is 1.66. The van der Waals surface area contributed by atoms with E-state index in [1.54, 1.807) is 12.1 Å². The first-order valence-corrected chi connectivity index (χ1v) is 22.0. The van der Waals surface area contributed by atoms with Crippen LogP contribution in [0.5, 0.6) is 0 Å². The third-order valence-electron chi connectivity index (χ3n) is 8.81. The van der Waals surface area contributed by atoms with Gasteiger partial charge in [-0.15, -0.1) is 0 Å². The third kappa shape index (κ3) is 37.7. The summed E-state index contributed by atoms with van der Waals surface area (Å²) in [5.74, 6) is -0.356. The van der Waals surface area contributed by atoms with E-state index < -0.39 is 0 Å². The molecule has 0 aliphatic carbocycles. The molecule has 12 nitrogen and oxygen atoms in total. The molecule has 0 saturated carbocycles. The van der Waals surface area contributed by atoms with Gasteiger partial charge in [0.05, 0.1) is 118 Å². The summed E-state index contributed by atoms with van der Waals surface area (Å²) in [5, 5.41) is 3.32. The van der Waals surface area contributed by atoms with E-state index in [-0.39, 0.29) is 12.6 Å². The van der Waals surface area contributed by atoms with Gasteiger partial charge in [-0.1, -0.05) is 97.3 Å². The lowest BCUT2D eigenvalue weighted by Crippen LogP contribution is -2.15. The lowest BCUT2D eigenvalue weighted by atomic mass is 10.0. The van der Waals surface area contributed by atoms with E-state index in [1.165, 1.54) is 77.0 Å². The number of unbranched alkanes of at least 4 members (excludes halogenated alkanes) is 13. The van der Waals surface area contributed by atoms with E-state index in [4.69, 9.17) is 47.4 Å². The maximum Gasteiger partial charge on any atom is 0.338 e. The number of ether oxygens (including phenoxy) is 10. The van der Waals surface area contributed by atoms with E-state index in [2.05, 4.69) is 19.2 Å². The van der Waals surface area contributed by atoms with E-state index in [0.29, 0.717) is 118 Å². The van der Waals surface area contributed by atoms with Crippen LogP contribution in [-0.4, -0.2) is 138 Å². The third-order valence-corrected chi connectivity index (χ3v) is 8.81. The molecule has 1 aromatic rings. The molecule has 0 aliphatic rings. The van der Waals surface area contributed by atoms with Gasteiger partial charge in [0.25, 0.3) is 0 Å². The first-order valence-electron chi connectivity index (χ1n) is 22.0. The topological polar surface area (TPSA) is 121 Å². The number of anilines is 1. The fraction of sp³-hybridized carbons (Fsp3) is 0.841. The predicted octanol–water partition coefficient (Wildman–Crippen LogP) is 8.30. The summed E-state index contributed by atoms with van der Waals surface area (Å²) >= 11 is 0. The largest absolute Gasteiger partial charge is 0.460 e. The van der Waals surface area contributed by atoms with Crippen LogP contribution in [0.3, 0.4) is 0 Å². The number of esters is 1. The number of hydrogen-bond donors (Lipinski definition) is 1. The first-order chi connectivity index (χ1) is 27.8. The van der Waals surface area contributed by atoms with Crippen LogP contribution in [0.15, 0.2) is 24.3 Å². The van der Waals surface area contributed by atoms with Gasteiger partial charge in [-0.3, -0.25) is 0 Å². The van der Waals surface area contributed by atoms with Gasteiger partial charge in [-0.05, 0) is 37.1 Å². The van der Waals surface area contributed by atoms with Gasteiger partial charge in [0, 0.05) is 18.8 Å². The number of hydrogen-bond acceptors (Lipinski definition) is 12. The molecule has 56 heavy (non-hydrogen) atoms. The van der Waals surface area contributed by atoms with Crippen molar-refractivity contribution in [2.75, 3.05) is 137 Å². The van der Waals surface area contributed by atoms with Crippen LogP contribution in [0.4, 0.5) is 5.69 Å². The molecule has 1 rings (SSSR count). The van der Waals surface area contributed by atoms with Crippen molar-refractivity contribution in [3.8, 4) is 0 Å². The smallest absolute Gasteiger partial charge is 0.338 e. The highest BCUT2D eigenvalue weighted by molar-refractivity contribution is 5.89. The summed E-state index contributed by atoms with van der Waals surface area (Å²) in [6, 6.07) is 7.31. The Morgan fingerprint density at radius 3 is 1.04 bits per heavy atom. The summed E-state index contributed by atoms with van der Waals surface area (Å²) in [4.78, 5) is 12.1. The van der Waals surface area contributed by atoms with Crippen molar-refractivity contribution in [2.24, 2.45) is 0 Å². The molecule has 0 unspecified atom stereocenters. The van der Waals surface area contributed by atoms with Crippen LogP contribution in [-0.2, 0) is 47.4 Å². The van der Waals surface area contributed by atoms with Gasteiger partial charge in [-0.2, -0.15) is 0 Å². The van der Waals surface area contributed by atoms with Crippen LogP contribution in [0, 0.1) is 0 Å². The van der Waals surface area contributed by atoms with E-state index in [9.17, 15) is 4.79 Å². The molecule has 0 aliphatic heterocycles. The van der Waals surface area contributed by atoms with Gasteiger partial charge < -0.3 is 52.7 Å². The van der Waals surface area contributed by atoms with Crippen LogP contribution in [0.25, 0.3) is 0 Å². The second-order valence-corrected chi connectivity index (χ2v) is 13.7. The van der Waals surface area contributed by atoms with Crippen molar-refractivity contribution >= 4 is 11.7 Å². The minimum Gasteiger partial charge on any atom is -0.460 e. The molecular formula is C44H81NO11. The van der Waals surface area contributed by atoms with Crippen molar-refractivity contribution in [1.29, 1.82) is 0 Å². The van der Waals surface area contributed by atoms with Gasteiger partial charge >= 0.3 is 5.97 Å².